The average molecular weight is 373 g/mol. The summed E-state index contributed by atoms with van der Waals surface area (Å²) in [5.41, 5.74) is 0.759. The molecule has 0 aliphatic carbocycles. The predicted molar refractivity (Wildman–Crippen MR) is 91.0 cm³/mol. The molecule has 0 saturated carbocycles. The van der Waals surface area contributed by atoms with Crippen LogP contribution in [0.5, 0.6) is 0 Å². The van der Waals surface area contributed by atoms with Gasteiger partial charge in [0.05, 0.1) is 19.3 Å². The summed E-state index contributed by atoms with van der Waals surface area (Å²) in [5, 5.41) is 10.4. The number of halogens is 2. The van der Waals surface area contributed by atoms with E-state index in [0.29, 0.717) is 29.9 Å². The molecular weight excluding hydrogens is 355 g/mol. The molecule has 0 spiro atoms. The first-order chi connectivity index (χ1) is 11.1. The van der Waals surface area contributed by atoms with Gasteiger partial charge in [-0.05, 0) is 19.1 Å². The van der Waals surface area contributed by atoms with Crippen molar-refractivity contribution in [3.63, 3.8) is 0 Å². The van der Waals surface area contributed by atoms with Crippen molar-refractivity contribution in [3.8, 4) is 11.4 Å². The lowest BCUT2D eigenvalue weighted by Gasteiger charge is -2.29. The second-order valence-corrected chi connectivity index (χ2v) is 5.68. The number of nitrogens with one attached hydrogen (secondary N) is 2. The molecule has 1 fully saturated rings. The van der Waals surface area contributed by atoms with Crippen molar-refractivity contribution in [2.45, 2.75) is 25.6 Å². The van der Waals surface area contributed by atoms with E-state index in [2.05, 4.69) is 20.8 Å². The molecule has 1 saturated heterocycles. The summed E-state index contributed by atoms with van der Waals surface area (Å²) < 4.78 is 10.6. The number of hydrogen-bond donors (Lipinski definition) is 2. The van der Waals surface area contributed by atoms with Gasteiger partial charge in [-0.15, -0.1) is 12.4 Å². The molecule has 2 N–H and O–H groups in total. The van der Waals surface area contributed by atoms with E-state index in [0.717, 1.165) is 5.56 Å². The monoisotopic (exact) mass is 372 g/mol. The third kappa shape index (κ3) is 4.45. The summed E-state index contributed by atoms with van der Waals surface area (Å²) in [5.74, 6) is 0.613. The van der Waals surface area contributed by atoms with Gasteiger partial charge in [0.15, 0.2) is 0 Å². The zero-order chi connectivity index (χ0) is 16.2. The number of ether oxygens (including phenoxy) is 1. The Morgan fingerprint density at radius 1 is 1.50 bits per heavy atom. The van der Waals surface area contributed by atoms with E-state index in [1.807, 2.05) is 19.1 Å². The summed E-state index contributed by atoms with van der Waals surface area (Å²) in [6.45, 7) is 3.29. The van der Waals surface area contributed by atoms with Gasteiger partial charge in [-0.25, -0.2) is 0 Å². The number of rotatable bonds is 4. The first-order valence-electron chi connectivity index (χ1n) is 7.35. The number of amides is 1. The summed E-state index contributed by atoms with van der Waals surface area (Å²) >= 11 is 5.94. The Morgan fingerprint density at radius 2 is 2.33 bits per heavy atom. The van der Waals surface area contributed by atoms with Gasteiger partial charge in [0.25, 0.3) is 0 Å². The molecule has 9 heteroatoms. The number of benzene rings is 1. The largest absolute Gasteiger partial charge is 0.375 e. The highest BCUT2D eigenvalue weighted by Gasteiger charge is 2.28. The van der Waals surface area contributed by atoms with Crippen LogP contribution in [-0.2, 0) is 16.1 Å². The molecule has 1 aliphatic rings. The van der Waals surface area contributed by atoms with E-state index in [4.69, 9.17) is 20.9 Å². The van der Waals surface area contributed by atoms with Crippen molar-refractivity contribution in [1.82, 2.24) is 20.8 Å². The van der Waals surface area contributed by atoms with Crippen LogP contribution >= 0.6 is 24.0 Å². The van der Waals surface area contributed by atoms with Crippen LogP contribution in [-0.4, -0.2) is 41.3 Å². The highest BCUT2D eigenvalue weighted by atomic mass is 35.5. The zero-order valence-electron chi connectivity index (χ0n) is 13.0. The lowest BCUT2D eigenvalue weighted by Crippen LogP contribution is -2.55. The predicted octanol–water partition coefficient (Wildman–Crippen LogP) is 1.80. The fraction of sp³-hybridized carbons (Fsp3) is 0.400. The topological polar surface area (TPSA) is 89.3 Å². The minimum Gasteiger partial charge on any atom is -0.375 e. The number of carbonyl (C=O) groups excluding carboxylic acids is 1. The Morgan fingerprint density at radius 3 is 3.08 bits per heavy atom. The molecule has 2 heterocycles. The quantitative estimate of drug-likeness (QED) is 0.850. The van der Waals surface area contributed by atoms with Crippen molar-refractivity contribution in [2.24, 2.45) is 0 Å². The Balaban J connectivity index is 0.00000208. The van der Waals surface area contributed by atoms with E-state index in [-0.39, 0.29) is 37.0 Å². The Labute approximate surface area is 150 Å². The number of aromatic nitrogens is 2. The third-order valence-corrected chi connectivity index (χ3v) is 3.80. The standard InChI is InChI=1S/C15H17ClN4O3.ClH/c1-9-13(17-5-6-22-9)15(21)18-8-12-19-14(20-23-12)10-3-2-4-11(16)7-10;/h2-4,7,9,13,17H,5-6,8H2,1H3,(H,18,21);1H/t9-,13+;/m1./s1. The second-order valence-electron chi connectivity index (χ2n) is 5.25. The van der Waals surface area contributed by atoms with Crippen LogP contribution in [0.2, 0.25) is 5.02 Å². The first-order valence-corrected chi connectivity index (χ1v) is 7.72. The lowest BCUT2D eigenvalue weighted by atomic mass is 10.1. The number of nitrogens with zero attached hydrogens (tertiary/aromatic N) is 2. The van der Waals surface area contributed by atoms with Crippen LogP contribution in [0, 0.1) is 0 Å². The van der Waals surface area contributed by atoms with E-state index in [1.54, 1.807) is 12.1 Å². The summed E-state index contributed by atoms with van der Waals surface area (Å²) in [4.78, 5) is 16.4. The molecule has 1 aliphatic heterocycles. The van der Waals surface area contributed by atoms with E-state index in [9.17, 15) is 4.79 Å². The molecule has 0 bridgehead atoms. The molecule has 1 amide bonds. The number of hydrogen-bond acceptors (Lipinski definition) is 6. The van der Waals surface area contributed by atoms with Gasteiger partial charge in [-0.2, -0.15) is 4.98 Å². The van der Waals surface area contributed by atoms with E-state index in [1.165, 1.54) is 0 Å². The molecule has 24 heavy (non-hydrogen) atoms. The van der Waals surface area contributed by atoms with E-state index < -0.39 is 0 Å². The van der Waals surface area contributed by atoms with Gasteiger partial charge in [0, 0.05) is 17.1 Å². The van der Waals surface area contributed by atoms with Gasteiger partial charge in [-0.1, -0.05) is 28.9 Å². The van der Waals surface area contributed by atoms with Crippen LogP contribution in [0.25, 0.3) is 11.4 Å². The van der Waals surface area contributed by atoms with Crippen molar-refractivity contribution in [2.75, 3.05) is 13.2 Å². The summed E-state index contributed by atoms with van der Waals surface area (Å²) in [7, 11) is 0. The molecule has 1 aromatic heterocycles. The Hall–Kier alpha value is -1.67. The van der Waals surface area contributed by atoms with Gasteiger partial charge in [-0.3, -0.25) is 4.79 Å². The molecule has 7 nitrogen and oxygen atoms in total. The fourth-order valence-electron chi connectivity index (χ4n) is 2.37. The maximum absolute atomic E-state index is 12.1. The molecule has 2 atom stereocenters. The SMILES string of the molecule is C[C@H]1OCCN[C@@H]1C(=O)NCc1nc(-c2cccc(Cl)c2)no1.Cl. The molecule has 2 aromatic rings. The van der Waals surface area contributed by atoms with Crippen LogP contribution in [0.15, 0.2) is 28.8 Å². The van der Waals surface area contributed by atoms with Crippen LogP contribution in [0.4, 0.5) is 0 Å². The maximum Gasteiger partial charge on any atom is 0.246 e. The number of morpholine rings is 1. The van der Waals surface area contributed by atoms with Crippen LogP contribution < -0.4 is 10.6 Å². The molecule has 1 aromatic carbocycles. The first kappa shape index (κ1) is 18.7. The van der Waals surface area contributed by atoms with E-state index >= 15 is 0 Å². The molecular formula is C15H18Cl2N4O3. The fourth-order valence-corrected chi connectivity index (χ4v) is 2.56. The Bertz CT molecular complexity index is 695. The molecule has 0 unspecified atom stereocenters. The normalized spacial score (nSPS) is 20.2. The zero-order valence-corrected chi connectivity index (χ0v) is 14.6. The van der Waals surface area contributed by atoms with Gasteiger partial charge >= 0.3 is 0 Å². The molecule has 3 rings (SSSR count). The lowest BCUT2D eigenvalue weighted by molar-refractivity contribution is -0.129. The minimum atomic E-state index is -0.376. The summed E-state index contributed by atoms with van der Waals surface area (Å²) in [6.07, 6.45) is -0.173. The van der Waals surface area contributed by atoms with Crippen molar-refractivity contribution in [1.29, 1.82) is 0 Å². The van der Waals surface area contributed by atoms with Gasteiger partial charge in [0.2, 0.25) is 17.6 Å². The van der Waals surface area contributed by atoms with Crippen molar-refractivity contribution < 1.29 is 14.1 Å². The van der Waals surface area contributed by atoms with Gasteiger partial charge in [0.1, 0.15) is 6.04 Å². The average Bonchev–Trinajstić information content (AvgIpc) is 3.02. The smallest absolute Gasteiger partial charge is 0.246 e. The minimum absolute atomic E-state index is 0. The van der Waals surface area contributed by atoms with Crippen molar-refractivity contribution in [3.05, 3.63) is 35.2 Å². The number of carbonyl (C=O) groups is 1. The Kier molecular flexibility index (Phi) is 6.56. The highest BCUT2D eigenvalue weighted by Crippen LogP contribution is 2.19. The van der Waals surface area contributed by atoms with Crippen molar-refractivity contribution >= 4 is 29.9 Å². The van der Waals surface area contributed by atoms with Crippen LogP contribution in [0.3, 0.4) is 0 Å². The van der Waals surface area contributed by atoms with Gasteiger partial charge < -0.3 is 19.9 Å². The molecule has 0 radical (unpaired) electrons. The maximum atomic E-state index is 12.1. The molecule has 130 valence electrons. The highest BCUT2D eigenvalue weighted by molar-refractivity contribution is 6.30. The summed E-state index contributed by atoms with van der Waals surface area (Å²) in [6, 6.07) is 6.79. The van der Waals surface area contributed by atoms with Crippen LogP contribution in [0.1, 0.15) is 12.8 Å². The third-order valence-electron chi connectivity index (χ3n) is 3.56. The second kappa shape index (κ2) is 8.43.